The first-order chi connectivity index (χ1) is 10.8. The van der Waals surface area contributed by atoms with E-state index in [0.29, 0.717) is 11.3 Å². The average Bonchev–Trinajstić information content (AvgIpc) is 2.82. The summed E-state index contributed by atoms with van der Waals surface area (Å²) >= 11 is 0. The maximum absolute atomic E-state index is 12.1. The smallest absolute Gasteiger partial charge is 0.355 e. The number of aromatic amines is 1. The van der Waals surface area contributed by atoms with Crippen molar-refractivity contribution in [2.45, 2.75) is 33.3 Å². The summed E-state index contributed by atoms with van der Waals surface area (Å²) < 4.78 is 10.3. The molecule has 0 saturated carbocycles. The van der Waals surface area contributed by atoms with E-state index >= 15 is 0 Å². The number of para-hydroxylation sites is 1. The number of hydrogen-bond acceptors (Lipinski definition) is 4. The van der Waals surface area contributed by atoms with E-state index < -0.39 is 17.5 Å². The van der Waals surface area contributed by atoms with Crippen LogP contribution in [0.4, 0.5) is 0 Å². The van der Waals surface area contributed by atoms with Crippen LogP contribution in [0.25, 0.3) is 17.0 Å². The van der Waals surface area contributed by atoms with Crippen molar-refractivity contribution in [1.82, 2.24) is 4.98 Å². The normalized spacial score (nSPS) is 11.8. The summed E-state index contributed by atoms with van der Waals surface area (Å²) in [5.41, 5.74) is 1.18. The molecule has 1 heterocycles. The lowest BCUT2D eigenvalue weighted by molar-refractivity contribution is -0.148. The van der Waals surface area contributed by atoms with E-state index in [-0.39, 0.29) is 6.61 Å². The zero-order valence-electron chi connectivity index (χ0n) is 13.8. The van der Waals surface area contributed by atoms with Crippen LogP contribution in [-0.2, 0) is 14.3 Å². The van der Waals surface area contributed by atoms with Gasteiger partial charge in [0, 0.05) is 22.5 Å². The van der Waals surface area contributed by atoms with Crippen molar-refractivity contribution in [1.29, 1.82) is 0 Å². The van der Waals surface area contributed by atoms with Gasteiger partial charge in [0.1, 0.15) is 11.3 Å². The van der Waals surface area contributed by atoms with E-state index in [1.165, 1.54) is 6.08 Å². The number of carbonyl (C=O) groups is 2. The molecule has 2 rings (SSSR count). The van der Waals surface area contributed by atoms with Crippen LogP contribution < -0.4 is 0 Å². The van der Waals surface area contributed by atoms with Crippen LogP contribution in [0.15, 0.2) is 30.3 Å². The fourth-order valence-electron chi connectivity index (χ4n) is 2.19. The van der Waals surface area contributed by atoms with Crippen molar-refractivity contribution in [3.63, 3.8) is 0 Å². The molecule has 0 bridgehead atoms. The third kappa shape index (κ3) is 4.22. The maximum Gasteiger partial charge on any atom is 0.355 e. The molecule has 2 aromatic rings. The predicted octanol–water partition coefficient (Wildman–Crippen LogP) is 3.70. The molecule has 1 aromatic carbocycles. The van der Waals surface area contributed by atoms with Gasteiger partial charge < -0.3 is 14.5 Å². The Labute approximate surface area is 135 Å². The fourth-order valence-corrected chi connectivity index (χ4v) is 2.19. The number of nitrogens with one attached hydrogen (secondary N) is 1. The Morgan fingerprint density at radius 2 is 1.91 bits per heavy atom. The molecule has 23 heavy (non-hydrogen) atoms. The zero-order chi connectivity index (χ0) is 17.0. The summed E-state index contributed by atoms with van der Waals surface area (Å²) in [5, 5.41) is 0.843. The number of fused-ring (bicyclic) bond motifs is 1. The van der Waals surface area contributed by atoms with Crippen molar-refractivity contribution in [2.75, 3.05) is 6.61 Å². The zero-order valence-corrected chi connectivity index (χ0v) is 13.8. The van der Waals surface area contributed by atoms with Gasteiger partial charge in [0.2, 0.25) is 0 Å². The van der Waals surface area contributed by atoms with E-state index in [1.807, 2.05) is 24.3 Å². The second-order valence-corrected chi connectivity index (χ2v) is 6.05. The van der Waals surface area contributed by atoms with Crippen LogP contribution in [0.2, 0.25) is 0 Å². The van der Waals surface area contributed by atoms with Gasteiger partial charge in [0.05, 0.1) is 6.61 Å². The van der Waals surface area contributed by atoms with Gasteiger partial charge in [-0.15, -0.1) is 0 Å². The summed E-state index contributed by atoms with van der Waals surface area (Å²) in [6.45, 7) is 7.43. The summed E-state index contributed by atoms with van der Waals surface area (Å²) in [4.78, 5) is 27.0. The number of rotatable bonds is 4. The molecule has 5 nitrogen and oxygen atoms in total. The maximum atomic E-state index is 12.1. The molecule has 0 spiro atoms. The van der Waals surface area contributed by atoms with Gasteiger partial charge in [0.25, 0.3) is 0 Å². The van der Waals surface area contributed by atoms with Crippen molar-refractivity contribution < 1.29 is 19.1 Å². The largest absolute Gasteiger partial charge is 0.461 e. The van der Waals surface area contributed by atoms with Crippen molar-refractivity contribution >= 4 is 28.9 Å². The van der Waals surface area contributed by atoms with Crippen molar-refractivity contribution in [3.05, 3.63) is 41.6 Å². The first kappa shape index (κ1) is 16.8. The lowest BCUT2D eigenvalue weighted by Gasteiger charge is -2.17. The van der Waals surface area contributed by atoms with Crippen LogP contribution in [0.1, 0.15) is 43.7 Å². The molecule has 1 aromatic heterocycles. The molecule has 0 unspecified atom stereocenters. The van der Waals surface area contributed by atoms with Gasteiger partial charge in [-0.05, 0) is 39.8 Å². The molecule has 122 valence electrons. The first-order valence-electron chi connectivity index (χ1n) is 7.50. The molecular weight excluding hydrogens is 294 g/mol. The molecule has 1 N–H and O–H groups in total. The molecule has 5 heteroatoms. The number of esters is 2. The SMILES string of the molecule is CCOC(=O)c1[nH]c2ccccc2c1/C=C/C(=O)OC(C)(C)C. The van der Waals surface area contributed by atoms with E-state index in [2.05, 4.69) is 4.98 Å². The Balaban J connectivity index is 2.39. The summed E-state index contributed by atoms with van der Waals surface area (Å²) in [6, 6.07) is 7.48. The number of H-pyrrole nitrogens is 1. The minimum atomic E-state index is -0.564. The van der Waals surface area contributed by atoms with Crippen LogP contribution >= 0.6 is 0 Å². The molecule has 0 aliphatic rings. The molecular formula is C18H21NO4. The summed E-state index contributed by atoms with van der Waals surface area (Å²) in [5.74, 6) is -0.912. The number of carbonyl (C=O) groups excluding carboxylic acids is 2. The van der Waals surface area contributed by atoms with E-state index in [0.717, 1.165) is 10.9 Å². The average molecular weight is 315 g/mol. The molecule has 0 saturated heterocycles. The van der Waals surface area contributed by atoms with Gasteiger partial charge in [0.15, 0.2) is 0 Å². The molecule has 0 fully saturated rings. The molecule has 0 amide bonds. The monoisotopic (exact) mass is 315 g/mol. The van der Waals surface area contributed by atoms with Gasteiger partial charge in [-0.1, -0.05) is 18.2 Å². The van der Waals surface area contributed by atoms with Crippen molar-refractivity contribution in [2.24, 2.45) is 0 Å². The summed E-state index contributed by atoms with van der Waals surface area (Å²) in [6.07, 6.45) is 2.91. The highest BCUT2D eigenvalue weighted by Crippen LogP contribution is 2.24. The predicted molar refractivity (Wildman–Crippen MR) is 89.1 cm³/mol. The highest BCUT2D eigenvalue weighted by molar-refractivity contribution is 6.04. The molecule has 0 aliphatic heterocycles. The lowest BCUT2D eigenvalue weighted by atomic mass is 10.1. The molecule has 0 radical (unpaired) electrons. The first-order valence-corrected chi connectivity index (χ1v) is 7.50. The Morgan fingerprint density at radius 3 is 2.57 bits per heavy atom. The van der Waals surface area contributed by atoms with Crippen LogP contribution in [0, 0.1) is 0 Å². The number of aromatic nitrogens is 1. The van der Waals surface area contributed by atoms with E-state index in [9.17, 15) is 9.59 Å². The van der Waals surface area contributed by atoms with Gasteiger partial charge in [-0.3, -0.25) is 0 Å². The Kier molecular flexibility index (Phi) is 4.89. The quantitative estimate of drug-likeness (QED) is 0.690. The second-order valence-electron chi connectivity index (χ2n) is 6.05. The molecule has 0 atom stereocenters. The topological polar surface area (TPSA) is 68.4 Å². The van der Waals surface area contributed by atoms with Crippen LogP contribution in [0.5, 0.6) is 0 Å². The van der Waals surface area contributed by atoms with Crippen LogP contribution in [-0.4, -0.2) is 29.1 Å². The summed E-state index contributed by atoms with van der Waals surface area (Å²) in [7, 11) is 0. The van der Waals surface area contributed by atoms with Gasteiger partial charge in [-0.25, -0.2) is 9.59 Å². The van der Waals surface area contributed by atoms with Crippen LogP contribution in [0.3, 0.4) is 0 Å². The number of ether oxygens (including phenoxy) is 2. The Morgan fingerprint density at radius 1 is 1.22 bits per heavy atom. The minimum absolute atomic E-state index is 0.281. The second kappa shape index (κ2) is 6.69. The molecule has 0 aliphatic carbocycles. The fraction of sp³-hybridized carbons (Fsp3) is 0.333. The van der Waals surface area contributed by atoms with E-state index in [4.69, 9.17) is 9.47 Å². The standard InChI is InChI=1S/C18H21NO4/c1-5-22-17(21)16-13(10-11-15(20)23-18(2,3)4)12-8-6-7-9-14(12)19-16/h6-11,19H,5H2,1-4H3/b11-10+. The van der Waals surface area contributed by atoms with Gasteiger partial charge >= 0.3 is 11.9 Å². The Hall–Kier alpha value is -2.56. The minimum Gasteiger partial charge on any atom is -0.461 e. The van der Waals surface area contributed by atoms with Crippen molar-refractivity contribution in [3.8, 4) is 0 Å². The number of benzene rings is 1. The third-order valence-electron chi connectivity index (χ3n) is 3.02. The highest BCUT2D eigenvalue weighted by Gasteiger charge is 2.18. The number of hydrogen-bond donors (Lipinski definition) is 1. The lowest BCUT2D eigenvalue weighted by Crippen LogP contribution is -2.22. The third-order valence-corrected chi connectivity index (χ3v) is 3.02. The Bertz CT molecular complexity index is 750. The van der Waals surface area contributed by atoms with Gasteiger partial charge in [-0.2, -0.15) is 0 Å². The van der Waals surface area contributed by atoms with E-state index in [1.54, 1.807) is 33.8 Å². The highest BCUT2D eigenvalue weighted by atomic mass is 16.6.